The van der Waals surface area contributed by atoms with Crippen molar-refractivity contribution in [2.24, 2.45) is 5.92 Å². The highest BCUT2D eigenvalue weighted by Crippen LogP contribution is 2.49. The molecular weight excluding hydrogens is 338 g/mol. The van der Waals surface area contributed by atoms with Gasteiger partial charge in [-0.3, -0.25) is 4.79 Å². The SMILES string of the molecule is CCCN(CCOCC(C)=O)c1cc(O)c(C2C(O)C(C)C2O)c(O)c1. The lowest BCUT2D eigenvalue weighted by Gasteiger charge is -2.45. The van der Waals surface area contributed by atoms with Crippen LogP contribution in [-0.2, 0) is 9.53 Å². The van der Waals surface area contributed by atoms with Crippen molar-refractivity contribution in [3.05, 3.63) is 17.7 Å². The maximum absolute atomic E-state index is 10.9. The highest BCUT2D eigenvalue weighted by atomic mass is 16.5. The first kappa shape index (κ1) is 20.5. The molecule has 4 N–H and O–H groups in total. The molecule has 7 nitrogen and oxygen atoms in total. The molecule has 0 amide bonds. The molecule has 7 heteroatoms. The second kappa shape index (κ2) is 8.70. The molecule has 0 bridgehead atoms. The molecule has 1 aliphatic rings. The number of Topliss-reactive ketones (excluding diaryl/α,β-unsaturated/α-hetero) is 1. The Labute approximate surface area is 153 Å². The average Bonchev–Trinajstić information content (AvgIpc) is 2.59. The Morgan fingerprint density at radius 1 is 1.15 bits per heavy atom. The number of ketones is 1. The van der Waals surface area contributed by atoms with E-state index in [-0.39, 0.29) is 35.4 Å². The molecule has 1 aromatic rings. The molecule has 0 heterocycles. The second-order valence-corrected chi connectivity index (χ2v) is 7.01. The lowest BCUT2D eigenvalue weighted by atomic mass is 9.66. The number of aliphatic hydroxyl groups excluding tert-OH is 2. The average molecular weight is 367 g/mol. The normalized spacial score (nSPS) is 25.0. The molecule has 1 fully saturated rings. The molecule has 0 radical (unpaired) electrons. The van der Waals surface area contributed by atoms with Gasteiger partial charge in [-0.25, -0.2) is 0 Å². The summed E-state index contributed by atoms with van der Waals surface area (Å²) in [7, 11) is 0. The number of rotatable bonds is 9. The van der Waals surface area contributed by atoms with Crippen molar-refractivity contribution in [3.63, 3.8) is 0 Å². The van der Waals surface area contributed by atoms with Crippen molar-refractivity contribution in [2.75, 3.05) is 31.2 Å². The lowest BCUT2D eigenvalue weighted by Crippen LogP contribution is -2.52. The number of nitrogens with zero attached hydrogens (tertiary/aromatic N) is 1. The Balaban J connectivity index is 2.16. The fraction of sp³-hybridized carbons (Fsp3) is 0.632. The van der Waals surface area contributed by atoms with Gasteiger partial charge in [-0.05, 0) is 13.3 Å². The molecule has 1 aliphatic carbocycles. The summed E-state index contributed by atoms with van der Waals surface area (Å²) in [5.74, 6) is -1.34. The van der Waals surface area contributed by atoms with Gasteiger partial charge in [-0.15, -0.1) is 0 Å². The largest absolute Gasteiger partial charge is 0.507 e. The third-order valence-corrected chi connectivity index (χ3v) is 4.94. The van der Waals surface area contributed by atoms with Gasteiger partial charge in [0.15, 0.2) is 5.78 Å². The van der Waals surface area contributed by atoms with Gasteiger partial charge in [0.1, 0.15) is 18.1 Å². The van der Waals surface area contributed by atoms with E-state index in [1.807, 2.05) is 11.8 Å². The Morgan fingerprint density at radius 2 is 1.73 bits per heavy atom. The van der Waals surface area contributed by atoms with Crippen molar-refractivity contribution in [2.45, 2.75) is 45.3 Å². The summed E-state index contributed by atoms with van der Waals surface area (Å²) in [5, 5.41) is 40.9. The first-order valence-electron chi connectivity index (χ1n) is 9.02. The number of anilines is 1. The maximum Gasteiger partial charge on any atom is 0.155 e. The Hall–Kier alpha value is -1.83. The van der Waals surface area contributed by atoms with Crippen LogP contribution < -0.4 is 4.90 Å². The summed E-state index contributed by atoms with van der Waals surface area (Å²) < 4.78 is 5.30. The predicted octanol–water partition coefficient (Wildman–Crippen LogP) is 1.37. The molecule has 0 spiro atoms. The van der Waals surface area contributed by atoms with Gasteiger partial charge in [-0.2, -0.15) is 0 Å². The number of ether oxygens (including phenoxy) is 1. The molecular formula is C19H29NO6. The number of benzene rings is 1. The third kappa shape index (κ3) is 4.28. The minimum atomic E-state index is -0.806. The number of aromatic hydroxyl groups is 2. The topological polar surface area (TPSA) is 110 Å². The van der Waals surface area contributed by atoms with Crippen molar-refractivity contribution in [3.8, 4) is 11.5 Å². The number of hydrogen-bond acceptors (Lipinski definition) is 7. The molecule has 2 atom stereocenters. The van der Waals surface area contributed by atoms with E-state index >= 15 is 0 Å². The summed E-state index contributed by atoms with van der Waals surface area (Å²) in [5.41, 5.74) is 0.796. The zero-order valence-corrected chi connectivity index (χ0v) is 15.6. The molecule has 0 aliphatic heterocycles. The molecule has 1 saturated carbocycles. The van der Waals surface area contributed by atoms with Gasteiger partial charge in [0.2, 0.25) is 0 Å². The van der Waals surface area contributed by atoms with Gasteiger partial charge >= 0.3 is 0 Å². The van der Waals surface area contributed by atoms with E-state index in [1.165, 1.54) is 19.1 Å². The van der Waals surface area contributed by atoms with Crippen LogP contribution in [0.2, 0.25) is 0 Å². The lowest BCUT2D eigenvalue weighted by molar-refractivity contribution is -0.121. The Kier molecular flexibility index (Phi) is 6.86. The molecule has 2 rings (SSSR count). The second-order valence-electron chi connectivity index (χ2n) is 7.01. The molecule has 2 unspecified atom stereocenters. The number of carbonyl (C=O) groups is 1. The van der Waals surface area contributed by atoms with E-state index in [4.69, 9.17) is 4.74 Å². The summed E-state index contributed by atoms with van der Waals surface area (Å²) in [6, 6.07) is 3.05. The highest BCUT2D eigenvalue weighted by Gasteiger charge is 2.49. The standard InChI is InChI=1S/C19H29NO6/c1-4-5-20(6-7-26-10-11(2)21)13-8-14(22)16(15(23)9-13)17-18(24)12(3)19(17)25/h8-9,12,17-19,22-25H,4-7,10H2,1-3H3. The number of phenolic OH excluding ortho intramolecular Hbond substituents is 2. The zero-order chi connectivity index (χ0) is 19.4. The van der Waals surface area contributed by atoms with E-state index < -0.39 is 18.1 Å². The van der Waals surface area contributed by atoms with E-state index in [0.29, 0.717) is 25.4 Å². The number of aliphatic hydroxyl groups is 2. The van der Waals surface area contributed by atoms with Gasteiger partial charge < -0.3 is 30.1 Å². The summed E-state index contributed by atoms with van der Waals surface area (Å²) in [6.45, 7) is 6.80. The van der Waals surface area contributed by atoms with Crippen LogP contribution >= 0.6 is 0 Å². The van der Waals surface area contributed by atoms with Crippen molar-refractivity contribution >= 4 is 11.5 Å². The van der Waals surface area contributed by atoms with Crippen LogP contribution in [0.3, 0.4) is 0 Å². The van der Waals surface area contributed by atoms with Crippen LogP contribution in [0.15, 0.2) is 12.1 Å². The van der Waals surface area contributed by atoms with Crippen LogP contribution in [0.25, 0.3) is 0 Å². The van der Waals surface area contributed by atoms with Gasteiger partial charge in [-0.1, -0.05) is 13.8 Å². The van der Waals surface area contributed by atoms with Crippen LogP contribution in [-0.4, -0.2) is 64.7 Å². The number of phenols is 2. The maximum atomic E-state index is 10.9. The first-order chi connectivity index (χ1) is 12.3. The monoisotopic (exact) mass is 367 g/mol. The fourth-order valence-electron chi connectivity index (χ4n) is 3.42. The summed E-state index contributed by atoms with van der Waals surface area (Å²) in [4.78, 5) is 12.9. The molecule has 1 aromatic carbocycles. The van der Waals surface area contributed by atoms with Crippen LogP contribution in [0.1, 0.15) is 38.7 Å². The Morgan fingerprint density at radius 3 is 2.23 bits per heavy atom. The van der Waals surface area contributed by atoms with Gasteiger partial charge in [0.05, 0.1) is 18.8 Å². The van der Waals surface area contributed by atoms with E-state index in [9.17, 15) is 25.2 Å². The zero-order valence-electron chi connectivity index (χ0n) is 15.6. The third-order valence-electron chi connectivity index (χ3n) is 4.94. The van der Waals surface area contributed by atoms with E-state index in [0.717, 1.165) is 6.42 Å². The minimum Gasteiger partial charge on any atom is -0.507 e. The molecule has 26 heavy (non-hydrogen) atoms. The molecule has 146 valence electrons. The van der Waals surface area contributed by atoms with E-state index in [1.54, 1.807) is 6.92 Å². The van der Waals surface area contributed by atoms with Crippen molar-refractivity contribution in [1.29, 1.82) is 0 Å². The van der Waals surface area contributed by atoms with Crippen LogP contribution in [0.4, 0.5) is 5.69 Å². The van der Waals surface area contributed by atoms with Gasteiger partial charge in [0, 0.05) is 48.3 Å². The first-order valence-corrected chi connectivity index (χ1v) is 9.02. The molecule has 0 aromatic heterocycles. The summed E-state index contributed by atoms with van der Waals surface area (Å²) >= 11 is 0. The van der Waals surface area contributed by atoms with Crippen LogP contribution in [0, 0.1) is 5.92 Å². The predicted molar refractivity (Wildman–Crippen MR) is 97.7 cm³/mol. The molecule has 0 saturated heterocycles. The smallest absolute Gasteiger partial charge is 0.155 e. The van der Waals surface area contributed by atoms with Gasteiger partial charge in [0.25, 0.3) is 0 Å². The number of hydrogen-bond donors (Lipinski definition) is 4. The summed E-state index contributed by atoms with van der Waals surface area (Å²) in [6.07, 6.45) is -0.758. The minimum absolute atomic E-state index is 0.0430. The number of carbonyl (C=O) groups excluding carboxylic acids is 1. The van der Waals surface area contributed by atoms with E-state index in [2.05, 4.69) is 0 Å². The fourth-order valence-corrected chi connectivity index (χ4v) is 3.42. The Bertz CT molecular complexity index is 601. The quantitative estimate of drug-likeness (QED) is 0.488. The highest BCUT2D eigenvalue weighted by molar-refractivity contribution is 5.76. The van der Waals surface area contributed by atoms with Crippen molar-refractivity contribution < 1.29 is 30.0 Å². The van der Waals surface area contributed by atoms with Crippen molar-refractivity contribution in [1.82, 2.24) is 0 Å². The van der Waals surface area contributed by atoms with Crippen LogP contribution in [0.5, 0.6) is 11.5 Å².